The molecular formula is C24H25N3O5. The SMILES string of the molecule is COc1ncc(C(O)C(O)CCNC(=O)OCC2c3ccccc3-c3ccccc32)cn1. The maximum atomic E-state index is 12.2. The van der Waals surface area contributed by atoms with Gasteiger partial charge in [-0.2, -0.15) is 0 Å². The van der Waals surface area contributed by atoms with Crippen LogP contribution >= 0.6 is 0 Å². The lowest BCUT2D eigenvalue weighted by atomic mass is 9.98. The number of nitrogens with zero attached hydrogens (tertiary/aromatic N) is 2. The van der Waals surface area contributed by atoms with Gasteiger partial charge in [0.15, 0.2) is 0 Å². The van der Waals surface area contributed by atoms with E-state index in [1.165, 1.54) is 19.5 Å². The third-order valence-corrected chi connectivity index (χ3v) is 5.59. The van der Waals surface area contributed by atoms with Crippen molar-refractivity contribution in [3.05, 3.63) is 77.6 Å². The van der Waals surface area contributed by atoms with Gasteiger partial charge in [0.05, 0.1) is 13.2 Å². The molecule has 0 aliphatic heterocycles. The number of ether oxygens (including phenoxy) is 2. The molecule has 1 aliphatic carbocycles. The summed E-state index contributed by atoms with van der Waals surface area (Å²) in [5.74, 6) is -0.0179. The molecule has 0 fully saturated rings. The van der Waals surface area contributed by atoms with E-state index in [0.717, 1.165) is 22.3 Å². The van der Waals surface area contributed by atoms with Crippen molar-refractivity contribution in [2.24, 2.45) is 0 Å². The zero-order valence-corrected chi connectivity index (χ0v) is 17.6. The van der Waals surface area contributed by atoms with Crippen LogP contribution in [0.4, 0.5) is 4.79 Å². The third kappa shape index (κ3) is 4.56. The van der Waals surface area contributed by atoms with Gasteiger partial charge in [-0.3, -0.25) is 0 Å². The number of methoxy groups -OCH3 is 1. The van der Waals surface area contributed by atoms with Crippen LogP contribution < -0.4 is 10.1 Å². The molecule has 32 heavy (non-hydrogen) atoms. The van der Waals surface area contributed by atoms with Gasteiger partial charge in [-0.1, -0.05) is 48.5 Å². The molecule has 4 rings (SSSR count). The van der Waals surface area contributed by atoms with Crippen molar-refractivity contribution < 1.29 is 24.5 Å². The Kier molecular flexibility index (Phi) is 6.63. The summed E-state index contributed by atoms with van der Waals surface area (Å²) in [6.45, 7) is 0.361. The number of carbonyl (C=O) groups excluding carboxylic acids is 1. The number of aromatic nitrogens is 2. The molecule has 2 aromatic carbocycles. The zero-order valence-electron chi connectivity index (χ0n) is 17.6. The van der Waals surface area contributed by atoms with Crippen molar-refractivity contribution in [2.45, 2.75) is 24.5 Å². The van der Waals surface area contributed by atoms with Crippen LogP contribution in [0.1, 0.15) is 35.1 Å². The molecule has 1 amide bonds. The molecule has 2 unspecified atom stereocenters. The number of aliphatic hydroxyl groups excluding tert-OH is 2. The van der Waals surface area contributed by atoms with Crippen LogP contribution in [0.5, 0.6) is 6.01 Å². The Morgan fingerprint density at radius 2 is 1.62 bits per heavy atom. The van der Waals surface area contributed by atoms with Crippen LogP contribution in [0, 0.1) is 0 Å². The second-order valence-corrected chi connectivity index (χ2v) is 7.56. The molecule has 3 aromatic rings. The molecule has 166 valence electrons. The summed E-state index contributed by atoms with van der Waals surface area (Å²) in [4.78, 5) is 20.0. The first-order valence-corrected chi connectivity index (χ1v) is 10.4. The predicted molar refractivity (Wildman–Crippen MR) is 117 cm³/mol. The Bertz CT molecular complexity index is 1030. The van der Waals surface area contributed by atoms with Gasteiger partial charge in [0.25, 0.3) is 0 Å². The number of fused-ring (bicyclic) bond motifs is 3. The van der Waals surface area contributed by atoms with Gasteiger partial charge >= 0.3 is 12.1 Å². The fourth-order valence-corrected chi connectivity index (χ4v) is 3.94. The lowest BCUT2D eigenvalue weighted by Crippen LogP contribution is -2.30. The highest BCUT2D eigenvalue weighted by atomic mass is 16.5. The minimum Gasteiger partial charge on any atom is -0.467 e. The van der Waals surface area contributed by atoms with E-state index in [-0.39, 0.29) is 31.5 Å². The maximum Gasteiger partial charge on any atom is 0.407 e. The molecular weight excluding hydrogens is 410 g/mol. The van der Waals surface area contributed by atoms with Crippen LogP contribution in [-0.4, -0.2) is 52.6 Å². The number of hydrogen-bond acceptors (Lipinski definition) is 7. The van der Waals surface area contributed by atoms with Gasteiger partial charge in [0, 0.05) is 30.4 Å². The molecule has 0 spiro atoms. The molecule has 0 saturated carbocycles. The summed E-state index contributed by atoms with van der Waals surface area (Å²) in [5.41, 5.74) is 4.97. The number of benzene rings is 2. The van der Waals surface area contributed by atoms with Crippen molar-refractivity contribution in [3.63, 3.8) is 0 Å². The van der Waals surface area contributed by atoms with E-state index in [9.17, 15) is 15.0 Å². The minimum atomic E-state index is -1.18. The Labute approximate surface area is 185 Å². The second kappa shape index (κ2) is 9.76. The van der Waals surface area contributed by atoms with Gasteiger partial charge in [-0.15, -0.1) is 0 Å². The summed E-state index contributed by atoms with van der Waals surface area (Å²) < 4.78 is 10.3. The second-order valence-electron chi connectivity index (χ2n) is 7.56. The van der Waals surface area contributed by atoms with Crippen LogP contribution in [0.25, 0.3) is 11.1 Å². The highest BCUT2D eigenvalue weighted by molar-refractivity contribution is 5.79. The average molecular weight is 435 g/mol. The largest absolute Gasteiger partial charge is 0.467 e. The van der Waals surface area contributed by atoms with Crippen molar-refractivity contribution >= 4 is 6.09 Å². The molecule has 3 N–H and O–H groups in total. The minimum absolute atomic E-state index is 0.0179. The number of aliphatic hydroxyl groups is 2. The summed E-state index contributed by atoms with van der Waals surface area (Å²) in [5, 5.41) is 23.1. The summed E-state index contributed by atoms with van der Waals surface area (Å²) in [7, 11) is 1.44. The van der Waals surface area contributed by atoms with Gasteiger partial charge in [0.1, 0.15) is 12.7 Å². The number of alkyl carbamates (subject to hydrolysis) is 1. The van der Waals surface area contributed by atoms with E-state index in [0.29, 0.717) is 5.56 Å². The highest BCUT2D eigenvalue weighted by Gasteiger charge is 2.29. The summed E-state index contributed by atoms with van der Waals surface area (Å²) in [6, 6.07) is 16.4. The van der Waals surface area contributed by atoms with Crippen LogP contribution in [0.2, 0.25) is 0 Å². The van der Waals surface area contributed by atoms with E-state index < -0.39 is 18.3 Å². The standard InChI is InChI=1S/C24H25N3O5/c1-31-23-26-12-15(13-27-23)22(29)21(28)10-11-25-24(30)32-14-20-18-8-4-2-6-16(18)17-7-3-5-9-19(17)20/h2-9,12-13,20-22,28-29H,10-11,14H2,1H3,(H,25,30). The van der Waals surface area contributed by atoms with E-state index in [4.69, 9.17) is 9.47 Å². The predicted octanol–water partition coefficient (Wildman–Crippen LogP) is 2.81. The first-order valence-electron chi connectivity index (χ1n) is 10.4. The smallest absolute Gasteiger partial charge is 0.407 e. The number of amides is 1. The van der Waals surface area contributed by atoms with Crippen LogP contribution in [-0.2, 0) is 4.74 Å². The Hall–Kier alpha value is -3.49. The van der Waals surface area contributed by atoms with E-state index in [1.807, 2.05) is 24.3 Å². The van der Waals surface area contributed by atoms with E-state index in [2.05, 4.69) is 39.6 Å². The fraction of sp³-hybridized carbons (Fsp3) is 0.292. The lowest BCUT2D eigenvalue weighted by Gasteiger charge is -2.18. The topological polar surface area (TPSA) is 114 Å². The van der Waals surface area contributed by atoms with E-state index in [1.54, 1.807) is 0 Å². The average Bonchev–Trinajstić information content (AvgIpc) is 3.16. The quantitative estimate of drug-likeness (QED) is 0.499. The molecule has 1 aromatic heterocycles. The Morgan fingerprint density at radius 3 is 2.22 bits per heavy atom. The van der Waals surface area contributed by atoms with Crippen LogP contribution in [0.15, 0.2) is 60.9 Å². The number of carbonyl (C=O) groups is 1. The molecule has 1 heterocycles. The Balaban J connectivity index is 1.27. The molecule has 1 aliphatic rings. The van der Waals surface area contributed by atoms with Gasteiger partial charge < -0.3 is 25.0 Å². The van der Waals surface area contributed by atoms with Crippen molar-refractivity contribution in [1.82, 2.24) is 15.3 Å². The molecule has 0 bridgehead atoms. The van der Waals surface area contributed by atoms with Gasteiger partial charge in [0.2, 0.25) is 0 Å². The maximum absolute atomic E-state index is 12.2. The summed E-state index contributed by atoms with van der Waals surface area (Å²) >= 11 is 0. The molecule has 8 heteroatoms. The summed E-state index contributed by atoms with van der Waals surface area (Å²) in [6.07, 6.45) is 0.0711. The van der Waals surface area contributed by atoms with Crippen molar-refractivity contribution in [2.75, 3.05) is 20.3 Å². The first-order chi connectivity index (χ1) is 15.6. The van der Waals surface area contributed by atoms with Gasteiger partial charge in [-0.25, -0.2) is 14.8 Å². The molecule has 0 saturated heterocycles. The third-order valence-electron chi connectivity index (χ3n) is 5.59. The van der Waals surface area contributed by atoms with Crippen LogP contribution in [0.3, 0.4) is 0 Å². The molecule has 2 atom stereocenters. The number of rotatable bonds is 8. The zero-order chi connectivity index (χ0) is 22.5. The molecule has 0 radical (unpaired) electrons. The van der Waals surface area contributed by atoms with Crippen molar-refractivity contribution in [1.29, 1.82) is 0 Å². The first kappa shape index (κ1) is 21.7. The number of hydrogen-bond donors (Lipinski definition) is 3. The normalized spacial score (nSPS) is 14.2. The lowest BCUT2D eigenvalue weighted by molar-refractivity contribution is 0.0132. The van der Waals surface area contributed by atoms with Crippen molar-refractivity contribution in [3.8, 4) is 17.1 Å². The van der Waals surface area contributed by atoms with E-state index >= 15 is 0 Å². The fourth-order valence-electron chi connectivity index (χ4n) is 3.94. The Morgan fingerprint density at radius 1 is 1.03 bits per heavy atom. The molecule has 8 nitrogen and oxygen atoms in total. The highest BCUT2D eigenvalue weighted by Crippen LogP contribution is 2.44. The number of nitrogens with one attached hydrogen (secondary N) is 1. The monoisotopic (exact) mass is 435 g/mol. The van der Waals surface area contributed by atoms with Gasteiger partial charge in [-0.05, 0) is 28.7 Å².